The maximum absolute atomic E-state index is 10.3. The molecule has 0 aliphatic rings. The van der Waals surface area contributed by atoms with Gasteiger partial charge in [-0.15, -0.1) is 0 Å². The summed E-state index contributed by atoms with van der Waals surface area (Å²) < 4.78 is 0. The van der Waals surface area contributed by atoms with Gasteiger partial charge in [0.25, 0.3) is 0 Å². The van der Waals surface area contributed by atoms with Crippen LogP contribution in [-0.2, 0) is 14.4 Å². The van der Waals surface area contributed by atoms with E-state index in [1.54, 1.807) is 0 Å². The Morgan fingerprint density at radius 2 is 2.00 bits per heavy atom. The topological polar surface area (TPSA) is 123 Å². The van der Waals surface area contributed by atoms with Crippen molar-refractivity contribution in [3.63, 3.8) is 0 Å². The molecule has 0 rings (SSSR count). The van der Waals surface area contributed by atoms with Gasteiger partial charge < -0.3 is 26.2 Å². The van der Waals surface area contributed by atoms with Crippen molar-refractivity contribution in [2.75, 3.05) is 0 Å². The number of carbonyl (C=O) groups excluding carboxylic acids is 2. The molecule has 0 aliphatic carbocycles. The molecule has 0 spiro atoms. The number of aliphatic carboxylic acids is 1. The molecule has 2 atom stereocenters. The first-order valence-electron chi connectivity index (χ1n) is 2.68. The monoisotopic (exact) mass is 160 g/mol. The number of hydrogen-bond acceptors (Lipinski definition) is 5. The summed E-state index contributed by atoms with van der Waals surface area (Å²) in [6.45, 7) is 0. The zero-order valence-electron chi connectivity index (χ0n) is 5.56. The van der Waals surface area contributed by atoms with E-state index in [0.717, 1.165) is 0 Å². The van der Waals surface area contributed by atoms with E-state index in [1.165, 1.54) is 0 Å². The minimum Gasteiger partial charge on any atom is -0.479 e. The zero-order chi connectivity index (χ0) is 9.07. The van der Waals surface area contributed by atoms with Gasteiger partial charge in [-0.2, -0.15) is 0 Å². The highest BCUT2D eigenvalue weighted by Crippen LogP contribution is 1.99. The number of hydrogen-bond donors (Lipinski definition) is 3. The summed E-state index contributed by atoms with van der Waals surface area (Å²) in [5.74, 6) is -1.62. The molecule has 0 saturated heterocycles. The van der Waals surface area contributed by atoms with E-state index in [0.29, 0.717) is 0 Å². The molecule has 0 saturated carbocycles. The van der Waals surface area contributed by atoms with Crippen LogP contribution in [-0.4, -0.2) is 35.2 Å². The molecule has 6 heteroatoms. The third kappa shape index (κ3) is 1.60. The highest BCUT2D eigenvalue weighted by atomic mass is 16.4. The van der Waals surface area contributed by atoms with Crippen molar-refractivity contribution in [1.29, 1.82) is 0 Å². The van der Waals surface area contributed by atoms with Gasteiger partial charge in [0.05, 0.1) is 6.04 Å². The molecule has 6 nitrogen and oxygen atoms in total. The van der Waals surface area contributed by atoms with Crippen LogP contribution in [0.1, 0.15) is 0 Å². The first-order chi connectivity index (χ1) is 4.99. The summed E-state index contributed by atoms with van der Waals surface area (Å²) >= 11 is 0. The molecule has 62 valence electrons. The average Bonchev–Trinajstić information content (AvgIpc) is 2.01. The van der Waals surface area contributed by atoms with Crippen molar-refractivity contribution < 1.29 is 19.5 Å². The summed E-state index contributed by atoms with van der Waals surface area (Å²) in [5, 5.41) is 8.34. The van der Waals surface area contributed by atoms with Crippen LogP contribution >= 0.6 is 0 Å². The molecule has 11 heavy (non-hydrogen) atoms. The second-order valence-corrected chi connectivity index (χ2v) is 2.02. The fourth-order valence-electron chi connectivity index (χ4n) is 0.384. The third-order valence-corrected chi connectivity index (χ3v) is 1.26. The highest BCUT2D eigenvalue weighted by Gasteiger charge is 2.40. The van der Waals surface area contributed by atoms with Crippen LogP contribution < -0.4 is 11.5 Å². The lowest BCUT2D eigenvalue weighted by molar-refractivity contribution is -0.147. The molecule has 0 aromatic carbocycles. The molecule has 0 aromatic rings. The van der Waals surface area contributed by atoms with Gasteiger partial charge in [0, 0.05) is 0 Å². The average molecular weight is 160 g/mol. The minimum atomic E-state index is -2.30. The van der Waals surface area contributed by atoms with E-state index in [2.05, 4.69) is 0 Å². The lowest BCUT2D eigenvalue weighted by Crippen LogP contribution is -2.62. The molecule has 0 amide bonds. The van der Waals surface area contributed by atoms with E-state index in [4.69, 9.17) is 16.6 Å². The van der Waals surface area contributed by atoms with Crippen LogP contribution in [0.3, 0.4) is 0 Å². The molecule has 0 bridgehead atoms. The molecule has 2 unspecified atom stereocenters. The first-order valence-corrected chi connectivity index (χ1v) is 2.68. The normalized spacial score (nSPS) is 18.0. The number of rotatable bonds is 4. The Labute approximate surface area is 62.2 Å². The van der Waals surface area contributed by atoms with Crippen molar-refractivity contribution in [2.24, 2.45) is 11.5 Å². The van der Waals surface area contributed by atoms with E-state index in [1.807, 2.05) is 0 Å². The van der Waals surface area contributed by atoms with Crippen molar-refractivity contribution in [1.82, 2.24) is 0 Å². The van der Waals surface area contributed by atoms with Crippen LogP contribution in [0.4, 0.5) is 0 Å². The van der Waals surface area contributed by atoms with Gasteiger partial charge in [-0.05, 0) is 0 Å². The summed E-state index contributed by atoms with van der Waals surface area (Å²) in [6.07, 6.45) is 0.0525. The van der Waals surface area contributed by atoms with E-state index < -0.39 is 17.6 Å². The Morgan fingerprint density at radius 1 is 1.55 bits per heavy atom. The number of carbonyl (C=O) groups is 3. The molecular formula is C5H8N2O4. The van der Waals surface area contributed by atoms with Gasteiger partial charge in [0.1, 0.15) is 6.29 Å². The molecule has 0 fully saturated rings. The van der Waals surface area contributed by atoms with Crippen LogP contribution in [0.15, 0.2) is 0 Å². The summed E-state index contributed by atoms with van der Waals surface area (Å²) in [7, 11) is 0. The number of carboxylic acids is 1. The maximum atomic E-state index is 10.3. The SMILES string of the molecule is NC(C=O)C(N)(C=O)C(=O)O. The lowest BCUT2D eigenvalue weighted by atomic mass is 9.95. The Hall–Kier alpha value is -1.27. The Kier molecular flexibility index (Phi) is 2.85. The van der Waals surface area contributed by atoms with E-state index in [-0.39, 0.29) is 12.6 Å². The van der Waals surface area contributed by atoms with Gasteiger partial charge in [-0.1, -0.05) is 0 Å². The molecular weight excluding hydrogens is 152 g/mol. The smallest absolute Gasteiger partial charge is 0.333 e. The van der Waals surface area contributed by atoms with Crippen LogP contribution in [0, 0.1) is 0 Å². The molecule has 0 heterocycles. The minimum absolute atomic E-state index is 0.0611. The fourth-order valence-corrected chi connectivity index (χ4v) is 0.384. The quantitative estimate of drug-likeness (QED) is 0.308. The molecule has 0 aromatic heterocycles. The van der Waals surface area contributed by atoms with Gasteiger partial charge in [0.15, 0.2) is 11.8 Å². The van der Waals surface area contributed by atoms with Gasteiger partial charge in [-0.3, -0.25) is 0 Å². The molecule has 5 N–H and O–H groups in total. The lowest BCUT2D eigenvalue weighted by Gasteiger charge is -2.19. The standard InChI is InChI=1S/C5H8N2O4/c6-3(1-8)5(7,2-9)4(10)11/h1-3H,6-7H2,(H,10,11). The van der Waals surface area contributed by atoms with E-state index in [9.17, 15) is 14.4 Å². The van der Waals surface area contributed by atoms with Crippen molar-refractivity contribution in [3.8, 4) is 0 Å². The summed E-state index contributed by atoms with van der Waals surface area (Å²) in [5.41, 5.74) is 7.62. The molecule has 0 aliphatic heterocycles. The number of nitrogens with two attached hydrogens (primary N) is 2. The third-order valence-electron chi connectivity index (χ3n) is 1.26. The van der Waals surface area contributed by atoms with Crippen LogP contribution in [0.2, 0.25) is 0 Å². The van der Waals surface area contributed by atoms with Crippen LogP contribution in [0.5, 0.6) is 0 Å². The van der Waals surface area contributed by atoms with Gasteiger partial charge in [-0.25, -0.2) is 4.79 Å². The van der Waals surface area contributed by atoms with Crippen molar-refractivity contribution in [3.05, 3.63) is 0 Å². The number of aldehydes is 2. The zero-order valence-corrected chi connectivity index (χ0v) is 5.56. The van der Waals surface area contributed by atoms with Gasteiger partial charge >= 0.3 is 5.97 Å². The van der Waals surface area contributed by atoms with Crippen molar-refractivity contribution in [2.45, 2.75) is 11.6 Å². The predicted molar refractivity (Wildman–Crippen MR) is 34.7 cm³/mol. The predicted octanol–water partition coefficient (Wildman–Crippen LogP) is -2.51. The Balaban J connectivity index is 4.72. The highest BCUT2D eigenvalue weighted by molar-refractivity contribution is 6.01. The molecule has 0 radical (unpaired) electrons. The maximum Gasteiger partial charge on any atom is 0.333 e. The first kappa shape index (κ1) is 9.73. The largest absolute Gasteiger partial charge is 0.479 e. The summed E-state index contributed by atoms with van der Waals surface area (Å²) in [4.78, 5) is 30.4. The fraction of sp³-hybridized carbons (Fsp3) is 0.400. The van der Waals surface area contributed by atoms with Crippen LogP contribution in [0.25, 0.3) is 0 Å². The van der Waals surface area contributed by atoms with E-state index >= 15 is 0 Å². The van der Waals surface area contributed by atoms with Gasteiger partial charge in [0.2, 0.25) is 0 Å². The second-order valence-electron chi connectivity index (χ2n) is 2.02. The summed E-state index contributed by atoms with van der Waals surface area (Å²) in [6, 6.07) is -1.52. The van der Waals surface area contributed by atoms with Crippen molar-refractivity contribution >= 4 is 18.5 Å². The second kappa shape index (κ2) is 3.22. The Bertz CT molecular complexity index is 193. The number of carboxylic acid groups (broad SMARTS) is 1. The Morgan fingerprint density at radius 3 is 2.09 bits per heavy atom.